The molecule has 0 bridgehead atoms. The van der Waals surface area contributed by atoms with E-state index in [0.29, 0.717) is 22.7 Å². The van der Waals surface area contributed by atoms with E-state index in [-0.39, 0.29) is 5.91 Å². The van der Waals surface area contributed by atoms with Crippen LogP contribution in [0, 0.1) is 11.3 Å². The molecule has 7 heteroatoms. The van der Waals surface area contributed by atoms with Crippen LogP contribution >= 0.6 is 23.4 Å². The predicted molar refractivity (Wildman–Crippen MR) is 101 cm³/mol. The maximum absolute atomic E-state index is 12.0. The van der Waals surface area contributed by atoms with Crippen molar-refractivity contribution < 1.29 is 4.79 Å². The zero-order valence-electron chi connectivity index (χ0n) is 13.3. The molecule has 0 aliphatic rings. The second kappa shape index (κ2) is 8.06. The van der Waals surface area contributed by atoms with Crippen LogP contribution in [0.5, 0.6) is 0 Å². The predicted octanol–water partition coefficient (Wildman–Crippen LogP) is 4.60. The summed E-state index contributed by atoms with van der Waals surface area (Å²) in [5.41, 5.74) is 2.95. The highest BCUT2D eigenvalue weighted by Crippen LogP contribution is 2.22. The van der Waals surface area contributed by atoms with Gasteiger partial charge in [0.1, 0.15) is 6.07 Å². The van der Waals surface area contributed by atoms with Crippen molar-refractivity contribution >= 4 is 46.0 Å². The number of amides is 1. The summed E-state index contributed by atoms with van der Waals surface area (Å²) in [6.07, 6.45) is 1.14. The number of benzene rings is 2. The molecular weight excluding hydrogens is 356 g/mol. The van der Waals surface area contributed by atoms with Gasteiger partial charge in [0.15, 0.2) is 5.16 Å². The molecule has 0 radical (unpaired) electrons. The van der Waals surface area contributed by atoms with Crippen molar-refractivity contribution in [2.24, 2.45) is 0 Å². The van der Waals surface area contributed by atoms with Crippen molar-refractivity contribution in [3.63, 3.8) is 0 Å². The minimum atomic E-state index is -0.0778. The lowest BCUT2D eigenvalue weighted by molar-refractivity contribution is -0.116. The average molecular weight is 371 g/mol. The number of carbonyl (C=O) groups excluding carboxylic acids is 1. The molecule has 0 aliphatic heterocycles. The van der Waals surface area contributed by atoms with Gasteiger partial charge in [-0.3, -0.25) is 4.79 Å². The molecule has 25 heavy (non-hydrogen) atoms. The van der Waals surface area contributed by atoms with Crippen LogP contribution in [0.15, 0.2) is 47.6 Å². The van der Waals surface area contributed by atoms with Crippen LogP contribution in [-0.2, 0) is 4.79 Å². The fourth-order valence-electron chi connectivity index (χ4n) is 2.31. The molecule has 2 aromatic carbocycles. The number of aromatic nitrogens is 2. The standard InChI is InChI=1S/C18H15ClN4OS/c19-14-10-13(8-7-12(14)11-20)21-17(24)6-3-9-25-18-22-15-4-1-2-5-16(15)23-18/h1-2,4-5,7-8,10H,3,6,9H2,(H,21,24)(H,22,23). The molecule has 3 aromatic rings. The number of carbonyl (C=O) groups is 1. The molecule has 5 nitrogen and oxygen atoms in total. The van der Waals surface area contributed by atoms with Crippen LogP contribution < -0.4 is 5.32 Å². The molecule has 1 aromatic heterocycles. The minimum absolute atomic E-state index is 0.0778. The first-order valence-corrected chi connectivity index (χ1v) is 9.09. The summed E-state index contributed by atoms with van der Waals surface area (Å²) < 4.78 is 0. The van der Waals surface area contributed by atoms with Crippen molar-refractivity contribution in [2.45, 2.75) is 18.0 Å². The number of H-pyrrole nitrogens is 1. The Labute approximate surface area is 154 Å². The van der Waals surface area contributed by atoms with E-state index < -0.39 is 0 Å². The molecule has 3 rings (SSSR count). The molecule has 0 saturated carbocycles. The van der Waals surface area contributed by atoms with Gasteiger partial charge in [0.25, 0.3) is 0 Å². The Hall–Kier alpha value is -2.49. The van der Waals surface area contributed by atoms with E-state index in [9.17, 15) is 4.79 Å². The summed E-state index contributed by atoms with van der Waals surface area (Å²) in [5.74, 6) is 0.715. The van der Waals surface area contributed by atoms with Crippen LogP contribution in [0.2, 0.25) is 5.02 Å². The second-order valence-electron chi connectivity index (χ2n) is 5.37. The quantitative estimate of drug-likeness (QED) is 0.490. The molecule has 0 atom stereocenters. The van der Waals surface area contributed by atoms with Gasteiger partial charge in [-0.05, 0) is 36.8 Å². The van der Waals surface area contributed by atoms with Gasteiger partial charge in [0.2, 0.25) is 5.91 Å². The molecule has 0 fully saturated rings. The zero-order valence-corrected chi connectivity index (χ0v) is 14.8. The molecule has 0 spiro atoms. The Morgan fingerprint density at radius 2 is 2.16 bits per heavy atom. The molecule has 2 N–H and O–H groups in total. The van der Waals surface area contributed by atoms with Crippen molar-refractivity contribution in [1.29, 1.82) is 5.26 Å². The smallest absolute Gasteiger partial charge is 0.224 e. The average Bonchev–Trinajstić information content (AvgIpc) is 3.02. The number of para-hydroxylation sites is 2. The van der Waals surface area contributed by atoms with E-state index in [2.05, 4.69) is 15.3 Å². The molecule has 0 unspecified atom stereocenters. The summed E-state index contributed by atoms with van der Waals surface area (Å²) in [5, 5.41) is 12.8. The fraction of sp³-hybridized carbons (Fsp3) is 0.167. The maximum Gasteiger partial charge on any atom is 0.224 e. The highest BCUT2D eigenvalue weighted by Gasteiger charge is 2.07. The Balaban J connectivity index is 1.45. The summed E-state index contributed by atoms with van der Waals surface area (Å²) >= 11 is 7.55. The van der Waals surface area contributed by atoms with E-state index in [1.165, 1.54) is 0 Å². The number of nitrogens with one attached hydrogen (secondary N) is 2. The maximum atomic E-state index is 12.0. The number of nitriles is 1. The number of halogens is 1. The molecule has 0 saturated heterocycles. The largest absolute Gasteiger partial charge is 0.333 e. The number of fused-ring (bicyclic) bond motifs is 1. The fourth-order valence-corrected chi connectivity index (χ4v) is 3.36. The van der Waals surface area contributed by atoms with Crippen LogP contribution in [0.3, 0.4) is 0 Å². The topological polar surface area (TPSA) is 81.6 Å². The Bertz CT molecular complexity index is 915. The van der Waals surface area contributed by atoms with Gasteiger partial charge in [-0.1, -0.05) is 35.5 Å². The highest BCUT2D eigenvalue weighted by atomic mass is 35.5. The van der Waals surface area contributed by atoms with Crippen LogP contribution in [0.25, 0.3) is 11.0 Å². The molecular formula is C18H15ClN4OS. The van der Waals surface area contributed by atoms with Gasteiger partial charge in [0, 0.05) is 17.9 Å². The van der Waals surface area contributed by atoms with Gasteiger partial charge in [0.05, 0.1) is 21.6 Å². The summed E-state index contributed by atoms with van der Waals surface area (Å²) in [6, 6.07) is 14.7. The Kier molecular flexibility index (Phi) is 5.59. The number of anilines is 1. The molecule has 1 heterocycles. The number of nitrogens with zero attached hydrogens (tertiary/aromatic N) is 2. The van der Waals surface area contributed by atoms with Crippen LogP contribution in [-0.4, -0.2) is 21.6 Å². The number of hydrogen-bond acceptors (Lipinski definition) is 4. The van der Waals surface area contributed by atoms with Gasteiger partial charge in [-0.25, -0.2) is 4.98 Å². The zero-order chi connectivity index (χ0) is 17.6. The van der Waals surface area contributed by atoms with Gasteiger partial charge in [-0.2, -0.15) is 5.26 Å². The lowest BCUT2D eigenvalue weighted by Gasteiger charge is -2.06. The highest BCUT2D eigenvalue weighted by molar-refractivity contribution is 7.99. The van der Waals surface area contributed by atoms with E-state index >= 15 is 0 Å². The first-order valence-electron chi connectivity index (χ1n) is 7.73. The van der Waals surface area contributed by atoms with Crippen LogP contribution in [0.1, 0.15) is 18.4 Å². The SMILES string of the molecule is N#Cc1ccc(NC(=O)CCCSc2nc3ccccc3[nH]2)cc1Cl. The van der Waals surface area contributed by atoms with Crippen molar-refractivity contribution in [3.05, 3.63) is 53.1 Å². The molecule has 1 amide bonds. The summed E-state index contributed by atoms with van der Waals surface area (Å²) in [7, 11) is 0. The third kappa shape index (κ3) is 4.53. The van der Waals surface area contributed by atoms with Crippen molar-refractivity contribution in [1.82, 2.24) is 9.97 Å². The van der Waals surface area contributed by atoms with E-state index in [0.717, 1.165) is 28.4 Å². The van der Waals surface area contributed by atoms with Gasteiger partial charge < -0.3 is 10.3 Å². The van der Waals surface area contributed by atoms with E-state index in [1.54, 1.807) is 30.0 Å². The number of rotatable bonds is 6. The van der Waals surface area contributed by atoms with Gasteiger partial charge >= 0.3 is 0 Å². The van der Waals surface area contributed by atoms with Crippen LogP contribution in [0.4, 0.5) is 5.69 Å². The Morgan fingerprint density at radius 1 is 1.32 bits per heavy atom. The lowest BCUT2D eigenvalue weighted by Crippen LogP contribution is -2.11. The minimum Gasteiger partial charge on any atom is -0.333 e. The summed E-state index contributed by atoms with van der Waals surface area (Å²) in [4.78, 5) is 19.7. The van der Waals surface area contributed by atoms with E-state index in [1.807, 2.05) is 30.3 Å². The molecule has 0 aliphatic carbocycles. The summed E-state index contributed by atoms with van der Waals surface area (Å²) in [6.45, 7) is 0. The monoisotopic (exact) mass is 370 g/mol. The third-order valence-electron chi connectivity index (χ3n) is 3.53. The number of imidazole rings is 1. The van der Waals surface area contributed by atoms with E-state index in [4.69, 9.17) is 16.9 Å². The lowest BCUT2D eigenvalue weighted by atomic mass is 10.2. The number of hydrogen-bond donors (Lipinski definition) is 2. The van der Waals surface area contributed by atoms with Crippen molar-refractivity contribution in [2.75, 3.05) is 11.1 Å². The first kappa shape index (κ1) is 17.3. The normalized spacial score (nSPS) is 10.6. The number of aromatic amines is 1. The first-order chi connectivity index (χ1) is 12.2. The number of thioether (sulfide) groups is 1. The Morgan fingerprint density at radius 3 is 2.92 bits per heavy atom. The van der Waals surface area contributed by atoms with Crippen molar-refractivity contribution in [3.8, 4) is 6.07 Å². The third-order valence-corrected chi connectivity index (χ3v) is 4.80. The molecule has 126 valence electrons. The van der Waals surface area contributed by atoms with Gasteiger partial charge in [-0.15, -0.1) is 0 Å². The second-order valence-corrected chi connectivity index (χ2v) is 6.86.